The minimum atomic E-state index is 0.0730. The van der Waals surface area contributed by atoms with Gasteiger partial charge in [0, 0.05) is 31.2 Å². The first-order valence-corrected chi connectivity index (χ1v) is 7.30. The van der Waals surface area contributed by atoms with Crippen LogP contribution < -0.4 is 11.1 Å². The summed E-state index contributed by atoms with van der Waals surface area (Å²) in [5.41, 5.74) is 7.12. The Labute approximate surface area is 121 Å². The van der Waals surface area contributed by atoms with Gasteiger partial charge < -0.3 is 16.0 Å². The maximum Gasteiger partial charge on any atom is 0.225 e. The summed E-state index contributed by atoms with van der Waals surface area (Å²) in [6.07, 6.45) is 1.54. The van der Waals surface area contributed by atoms with Gasteiger partial charge in [0.25, 0.3) is 0 Å². The molecule has 2 rings (SSSR count). The minimum absolute atomic E-state index is 0.0730. The number of nitrogens with two attached hydrogens (primary N) is 1. The lowest BCUT2D eigenvalue weighted by Crippen LogP contribution is -2.52. The van der Waals surface area contributed by atoms with Gasteiger partial charge in [-0.2, -0.15) is 0 Å². The lowest BCUT2D eigenvalue weighted by atomic mass is 9.80. The number of carbonyl (C=O) groups is 1. The fourth-order valence-electron chi connectivity index (χ4n) is 2.68. The highest BCUT2D eigenvalue weighted by Crippen LogP contribution is 2.27. The van der Waals surface area contributed by atoms with Crippen LogP contribution in [0.1, 0.15) is 26.7 Å². The maximum atomic E-state index is 11.9. The number of rotatable bonds is 4. The zero-order valence-corrected chi connectivity index (χ0v) is 12.4. The van der Waals surface area contributed by atoms with Crippen LogP contribution in [-0.4, -0.2) is 36.5 Å². The van der Waals surface area contributed by atoms with E-state index >= 15 is 0 Å². The van der Waals surface area contributed by atoms with Crippen LogP contribution in [0.2, 0.25) is 0 Å². The molecule has 1 aromatic rings. The first kappa shape index (κ1) is 15.0. The standard InChI is InChI=1S/C16H25N3O/c1-16(2)12-19(10-8-14(16)17)11-9-15(20)18-13-6-4-3-5-7-13/h3-7,14H,8-12,17H2,1-2H3,(H,18,20). The number of nitrogens with zero attached hydrogens (tertiary/aromatic N) is 1. The molecule has 4 heteroatoms. The maximum absolute atomic E-state index is 11.9. The van der Waals surface area contributed by atoms with Gasteiger partial charge in [0.15, 0.2) is 0 Å². The smallest absolute Gasteiger partial charge is 0.225 e. The molecule has 0 aliphatic carbocycles. The van der Waals surface area contributed by atoms with Gasteiger partial charge >= 0.3 is 0 Å². The number of hydrogen-bond donors (Lipinski definition) is 2. The van der Waals surface area contributed by atoms with Crippen molar-refractivity contribution in [1.82, 2.24) is 4.90 Å². The Morgan fingerprint density at radius 3 is 2.75 bits per heavy atom. The van der Waals surface area contributed by atoms with Crippen molar-refractivity contribution in [3.63, 3.8) is 0 Å². The van der Waals surface area contributed by atoms with E-state index < -0.39 is 0 Å². The van der Waals surface area contributed by atoms with Crippen LogP contribution in [0.5, 0.6) is 0 Å². The van der Waals surface area contributed by atoms with Crippen molar-refractivity contribution in [3.05, 3.63) is 30.3 Å². The second kappa shape index (κ2) is 6.37. The molecule has 0 aromatic heterocycles. The Kier molecular flexibility index (Phi) is 4.78. The van der Waals surface area contributed by atoms with Gasteiger partial charge in [0.05, 0.1) is 0 Å². The van der Waals surface area contributed by atoms with Crippen molar-refractivity contribution in [3.8, 4) is 0 Å². The van der Waals surface area contributed by atoms with Crippen molar-refractivity contribution in [1.29, 1.82) is 0 Å². The lowest BCUT2D eigenvalue weighted by molar-refractivity contribution is -0.116. The Bertz CT molecular complexity index is 444. The highest BCUT2D eigenvalue weighted by Gasteiger charge is 2.33. The van der Waals surface area contributed by atoms with Gasteiger partial charge in [-0.1, -0.05) is 32.0 Å². The Morgan fingerprint density at radius 2 is 2.10 bits per heavy atom. The molecular formula is C16H25N3O. The molecule has 0 spiro atoms. The molecule has 3 N–H and O–H groups in total. The molecule has 0 radical (unpaired) electrons. The van der Waals surface area contributed by atoms with Crippen LogP contribution in [0.4, 0.5) is 5.69 Å². The molecule has 1 fully saturated rings. The van der Waals surface area contributed by atoms with Gasteiger partial charge in [-0.15, -0.1) is 0 Å². The summed E-state index contributed by atoms with van der Waals surface area (Å²) in [7, 11) is 0. The van der Waals surface area contributed by atoms with Crippen LogP contribution >= 0.6 is 0 Å². The van der Waals surface area contributed by atoms with Crippen LogP contribution in [-0.2, 0) is 4.79 Å². The molecule has 20 heavy (non-hydrogen) atoms. The molecule has 1 aromatic carbocycles. The number of nitrogens with one attached hydrogen (secondary N) is 1. The third-order valence-corrected chi connectivity index (χ3v) is 4.10. The van der Waals surface area contributed by atoms with E-state index in [1.54, 1.807) is 0 Å². The minimum Gasteiger partial charge on any atom is -0.327 e. The number of hydrogen-bond acceptors (Lipinski definition) is 3. The van der Waals surface area contributed by atoms with E-state index in [1.165, 1.54) is 0 Å². The van der Waals surface area contributed by atoms with E-state index in [0.717, 1.165) is 31.7 Å². The molecule has 1 amide bonds. The summed E-state index contributed by atoms with van der Waals surface area (Å²) in [4.78, 5) is 14.3. The summed E-state index contributed by atoms with van der Waals surface area (Å²) < 4.78 is 0. The number of likely N-dealkylation sites (tertiary alicyclic amines) is 1. The third kappa shape index (κ3) is 4.05. The largest absolute Gasteiger partial charge is 0.327 e. The van der Waals surface area contributed by atoms with Crippen LogP contribution in [0.25, 0.3) is 0 Å². The number of piperidine rings is 1. The van der Waals surface area contributed by atoms with Crippen LogP contribution in [0.3, 0.4) is 0 Å². The predicted octanol–water partition coefficient (Wildman–Crippen LogP) is 2.07. The molecule has 1 aliphatic heterocycles. The Balaban J connectivity index is 1.77. The summed E-state index contributed by atoms with van der Waals surface area (Å²) in [6.45, 7) is 7.16. The number of carbonyl (C=O) groups excluding carboxylic acids is 1. The van der Waals surface area contributed by atoms with Gasteiger partial charge in [-0.25, -0.2) is 0 Å². The fraction of sp³-hybridized carbons (Fsp3) is 0.562. The predicted molar refractivity (Wildman–Crippen MR) is 82.5 cm³/mol. The summed E-state index contributed by atoms with van der Waals surface area (Å²) >= 11 is 0. The number of anilines is 1. The van der Waals surface area contributed by atoms with Crippen molar-refractivity contribution >= 4 is 11.6 Å². The fourth-order valence-corrected chi connectivity index (χ4v) is 2.68. The second-order valence-corrected chi connectivity index (χ2v) is 6.32. The van der Waals surface area contributed by atoms with E-state index in [2.05, 4.69) is 24.1 Å². The van der Waals surface area contributed by atoms with E-state index in [0.29, 0.717) is 6.42 Å². The Hall–Kier alpha value is -1.39. The van der Waals surface area contributed by atoms with Crippen molar-refractivity contribution in [2.45, 2.75) is 32.7 Å². The highest BCUT2D eigenvalue weighted by molar-refractivity contribution is 5.90. The summed E-state index contributed by atoms with van der Waals surface area (Å²) in [6, 6.07) is 9.85. The van der Waals surface area contributed by atoms with E-state index in [-0.39, 0.29) is 17.4 Å². The molecule has 1 atom stereocenters. The summed E-state index contributed by atoms with van der Waals surface area (Å²) in [5, 5.41) is 2.92. The van der Waals surface area contributed by atoms with Gasteiger partial charge in [0.1, 0.15) is 0 Å². The molecule has 0 bridgehead atoms. The van der Waals surface area contributed by atoms with Crippen molar-refractivity contribution in [2.75, 3.05) is 25.0 Å². The number of amides is 1. The molecule has 110 valence electrons. The monoisotopic (exact) mass is 275 g/mol. The average Bonchev–Trinajstić information content (AvgIpc) is 2.41. The van der Waals surface area contributed by atoms with Crippen LogP contribution in [0, 0.1) is 5.41 Å². The number of para-hydroxylation sites is 1. The van der Waals surface area contributed by atoms with Gasteiger partial charge in [0.2, 0.25) is 5.91 Å². The molecule has 1 aliphatic rings. The second-order valence-electron chi connectivity index (χ2n) is 6.32. The van der Waals surface area contributed by atoms with Gasteiger partial charge in [-0.3, -0.25) is 4.79 Å². The quantitative estimate of drug-likeness (QED) is 0.884. The number of benzene rings is 1. The topological polar surface area (TPSA) is 58.4 Å². The van der Waals surface area contributed by atoms with Crippen molar-refractivity contribution < 1.29 is 4.79 Å². The average molecular weight is 275 g/mol. The Morgan fingerprint density at radius 1 is 1.40 bits per heavy atom. The van der Waals surface area contributed by atoms with E-state index in [4.69, 9.17) is 5.73 Å². The summed E-state index contributed by atoms with van der Waals surface area (Å²) in [5.74, 6) is 0.0730. The molecular weight excluding hydrogens is 250 g/mol. The molecule has 1 unspecified atom stereocenters. The zero-order chi connectivity index (χ0) is 14.6. The molecule has 1 saturated heterocycles. The molecule has 0 saturated carbocycles. The highest BCUT2D eigenvalue weighted by atomic mass is 16.1. The zero-order valence-electron chi connectivity index (χ0n) is 12.4. The van der Waals surface area contributed by atoms with E-state index in [1.807, 2.05) is 30.3 Å². The lowest BCUT2D eigenvalue weighted by Gasteiger charge is -2.42. The first-order chi connectivity index (χ1) is 9.47. The first-order valence-electron chi connectivity index (χ1n) is 7.30. The third-order valence-electron chi connectivity index (χ3n) is 4.10. The molecule has 1 heterocycles. The normalized spacial score (nSPS) is 22.4. The molecule has 4 nitrogen and oxygen atoms in total. The van der Waals surface area contributed by atoms with Gasteiger partial charge in [-0.05, 0) is 30.5 Å². The van der Waals surface area contributed by atoms with Crippen molar-refractivity contribution in [2.24, 2.45) is 11.1 Å². The SMILES string of the molecule is CC1(C)CN(CCC(=O)Nc2ccccc2)CCC1N. The van der Waals surface area contributed by atoms with E-state index in [9.17, 15) is 4.79 Å². The van der Waals surface area contributed by atoms with Crippen LogP contribution in [0.15, 0.2) is 30.3 Å².